The maximum Gasteiger partial charge on any atom is 0.534 e. The van der Waals surface area contributed by atoms with Gasteiger partial charge in [-0.3, -0.25) is 4.90 Å². The molecule has 0 bridgehead atoms. The molecule has 0 radical (unpaired) electrons. The third-order valence-electron chi connectivity index (χ3n) is 5.13. The van der Waals surface area contributed by atoms with Crippen LogP contribution in [0.25, 0.3) is 0 Å². The van der Waals surface area contributed by atoms with Crippen LogP contribution in [0.15, 0.2) is 42.2 Å². The van der Waals surface area contributed by atoms with Crippen molar-refractivity contribution in [3.63, 3.8) is 0 Å². The van der Waals surface area contributed by atoms with Crippen LogP contribution in [0, 0.1) is 5.41 Å². The molecular weight excluding hydrogens is 367 g/mol. The lowest BCUT2D eigenvalue weighted by Gasteiger charge is -2.44. The van der Waals surface area contributed by atoms with Gasteiger partial charge in [-0.2, -0.15) is 21.6 Å². The predicted molar refractivity (Wildman–Crippen MR) is 91.4 cm³/mol. The summed E-state index contributed by atoms with van der Waals surface area (Å²) in [6.07, 6.45) is 5.49. The first-order valence-corrected chi connectivity index (χ1v) is 10.1. The van der Waals surface area contributed by atoms with Crippen molar-refractivity contribution < 1.29 is 25.8 Å². The van der Waals surface area contributed by atoms with E-state index in [9.17, 15) is 21.6 Å². The highest BCUT2D eigenvalue weighted by Crippen LogP contribution is 2.47. The van der Waals surface area contributed by atoms with Gasteiger partial charge in [0.05, 0.1) is 0 Å². The number of hydrogen-bond acceptors (Lipinski definition) is 4. The Morgan fingerprint density at radius 3 is 2.35 bits per heavy atom. The lowest BCUT2D eigenvalue weighted by Crippen LogP contribution is -2.45. The molecule has 1 spiro atoms. The van der Waals surface area contributed by atoms with E-state index in [-0.39, 0.29) is 5.76 Å². The van der Waals surface area contributed by atoms with Gasteiger partial charge < -0.3 is 4.18 Å². The number of rotatable bonds is 4. The van der Waals surface area contributed by atoms with Gasteiger partial charge in [-0.1, -0.05) is 49.6 Å². The Bertz CT molecular complexity index is 754. The average Bonchev–Trinajstić information content (AvgIpc) is 2.58. The lowest BCUT2D eigenvalue weighted by molar-refractivity contribution is -0.0545. The average molecular weight is 389 g/mol. The second-order valence-electron chi connectivity index (χ2n) is 7.05. The summed E-state index contributed by atoms with van der Waals surface area (Å²) in [7, 11) is -5.64. The number of hydrogen-bond donors (Lipinski definition) is 0. The maximum atomic E-state index is 12.8. The van der Waals surface area contributed by atoms with Crippen LogP contribution < -0.4 is 0 Å². The number of nitrogens with zero attached hydrogens (tertiary/aromatic N) is 1. The van der Waals surface area contributed by atoms with Gasteiger partial charge in [-0.25, -0.2) is 0 Å². The summed E-state index contributed by atoms with van der Waals surface area (Å²) in [6.45, 7) is 1.53. The van der Waals surface area contributed by atoms with E-state index in [1.807, 2.05) is 30.3 Å². The van der Waals surface area contributed by atoms with Crippen LogP contribution in [0.4, 0.5) is 13.2 Å². The fourth-order valence-corrected chi connectivity index (χ4v) is 4.46. The molecule has 1 heterocycles. The molecule has 0 amide bonds. The molecule has 0 unspecified atom stereocenters. The van der Waals surface area contributed by atoms with Crippen LogP contribution in [0.3, 0.4) is 0 Å². The van der Waals surface area contributed by atoms with E-state index in [0.717, 1.165) is 24.8 Å². The fourth-order valence-electron chi connectivity index (χ4n) is 3.88. The molecule has 26 heavy (non-hydrogen) atoms. The Kier molecular flexibility index (Phi) is 5.35. The van der Waals surface area contributed by atoms with Crippen LogP contribution in [-0.2, 0) is 20.8 Å². The largest absolute Gasteiger partial charge is 0.534 e. The lowest BCUT2D eigenvalue weighted by atomic mass is 9.71. The summed E-state index contributed by atoms with van der Waals surface area (Å²) in [5, 5.41) is 0. The van der Waals surface area contributed by atoms with Crippen molar-refractivity contribution in [3.05, 3.63) is 47.7 Å². The minimum absolute atomic E-state index is 0.0289. The molecule has 8 heteroatoms. The Labute approximate surface area is 151 Å². The zero-order chi connectivity index (χ0) is 18.8. The number of alkyl halides is 3. The minimum atomic E-state index is -5.64. The maximum absolute atomic E-state index is 12.8. The first kappa shape index (κ1) is 19.2. The highest BCUT2D eigenvalue weighted by molar-refractivity contribution is 7.87. The highest BCUT2D eigenvalue weighted by Gasteiger charge is 2.52. The topological polar surface area (TPSA) is 46.6 Å². The van der Waals surface area contributed by atoms with Crippen molar-refractivity contribution in [2.75, 3.05) is 13.1 Å². The molecule has 0 aromatic heterocycles. The van der Waals surface area contributed by atoms with E-state index in [2.05, 4.69) is 9.08 Å². The second kappa shape index (κ2) is 7.23. The monoisotopic (exact) mass is 389 g/mol. The minimum Gasteiger partial charge on any atom is -0.380 e. The van der Waals surface area contributed by atoms with Gasteiger partial charge in [0, 0.05) is 25.0 Å². The second-order valence-corrected chi connectivity index (χ2v) is 8.59. The molecule has 1 aliphatic heterocycles. The first-order chi connectivity index (χ1) is 12.2. The summed E-state index contributed by atoms with van der Waals surface area (Å²) >= 11 is 0. The quantitative estimate of drug-likeness (QED) is 0.572. The van der Waals surface area contributed by atoms with E-state index in [1.54, 1.807) is 0 Å². The van der Waals surface area contributed by atoms with Gasteiger partial charge in [-0.05, 0) is 24.5 Å². The Morgan fingerprint density at radius 2 is 1.73 bits per heavy atom. The van der Waals surface area contributed by atoms with E-state index >= 15 is 0 Å². The van der Waals surface area contributed by atoms with E-state index < -0.39 is 21.0 Å². The molecular formula is C18H22F3NO3S. The van der Waals surface area contributed by atoms with Crippen LogP contribution in [-0.4, -0.2) is 31.9 Å². The summed E-state index contributed by atoms with van der Waals surface area (Å²) in [5.74, 6) is -0.0289. The van der Waals surface area contributed by atoms with Crippen LogP contribution in [0.2, 0.25) is 0 Å². The van der Waals surface area contributed by atoms with Crippen molar-refractivity contribution in [1.29, 1.82) is 0 Å². The van der Waals surface area contributed by atoms with Crippen LogP contribution in [0.1, 0.15) is 37.7 Å². The molecule has 3 rings (SSSR count). The predicted octanol–water partition coefficient (Wildman–Crippen LogP) is 4.20. The number of halogens is 3. The molecule has 1 aliphatic carbocycles. The van der Waals surface area contributed by atoms with E-state index in [0.29, 0.717) is 32.5 Å². The molecule has 1 fully saturated rings. The van der Waals surface area contributed by atoms with Crippen molar-refractivity contribution in [1.82, 2.24) is 4.90 Å². The van der Waals surface area contributed by atoms with Crippen molar-refractivity contribution >= 4 is 10.1 Å². The third kappa shape index (κ3) is 4.06. The van der Waals surface area contributed by atoms with E-state index in [1.165, 1.54) is 6.08 Å². The molecule has 0 atom stereocenters. The van der Waals surface area contributed by atoms with Crippen molar-refractivity contribution in [2.45, 2.75) is 44.2 Å². The standard InChI is InChI=1S/C18H22F3NO3S/c19-18(20,21)26(23,24)25-16-9-12-22(13-15-7-3-1-4-8-15)14-17(16)10-5-2-6-11-17/h1,3-4,7-9H,2,5-6,10-14H2. The molecule has 1 aromatic rings. The van der Waals surface area contributed by atoms with Crippen LogP contribution in [0.5, 0.6) is 0 Å². The molecule has 0 N–H and O–H groups in total. The first-order valence-electron chi connectivity index (χ1n) is 8.70. The molecule has 4 nitrogen and oxygen atoms in total. The Morgan fingerprint density at radius 1 is 1.08 bits per heavy atom. The summed E-state index contributed by atoms with van der Waals surface area (Å²) < 4.78 is 65.9. The SMILES string of the molecule is O=S(=O)(OC1=CCN(Cc2ccccc2)CC12CCCCC2)C(F)(F)F. The zero-order valence-electron chi connectivity index (χ0n) is 14.3. The number of benzene rings is 1. The molecule has 2 aliphatic rings. The fraction of sp³-hybridized carbons (Fsp3) is 0.556. The Hall–Kier alpha value is -1.54. The molecule has 144 valence electrons. The highest BCUT2D eigenvalue weighted by atomic mass is 32.2. The Balaban J connectivity index is 1.83. The molecule has 1 saturated carbocycles. The smallest absolute Gasteiger partial charge is 0.380 e. The van der Waals surface area contributed by atoms with Gasteiger partial charge in [0.25, 0.3) is 0 Å². The van der Waals surface area contributed by atoms with Crippen molar-refractivity contribution in [3.8, 4) is 0 Å². The van der Waals surface area contributed by atoms with Crippen LogP contribution >= 0.6 is 0 Å². The molecule has 1 aromatic carbocycles. The molecule has 0 saturated heterocycles. The van der Waals surface area contributed by atoms with Gasteiger partial charge in [0.1, 0.15) is 5.76 Å². The summed E-state index contributed by atoms with van der Waals surface area (Å²) in [4.78, 5) is 2.13. The van der Waals surface area contributed by atoms with E-state index in [4.69, 9.17) is 0 Å². The summed E-state index contributed by atoms with van der Waals surface area (Å²) in [5.41, 5.74) is -4.96. The van der Waals surface area contributed by atoms with Crippen molar-refractivity contribution in [2.24, 2.45) is 5.41 Å². The third-order valence-corrected chi connectivity index (χ3v) is 6.09. The zero-order valence-corrected chi connectivity index (χ0v) is 15.2. The van der Waals surface area contributed by atoms with Gasteiger partial charge in [0.15, 0.2) is 0 Å². The van der Waals surface area contributed by atoms with Gasteiger partial charge in [-0.15, -0.1) is 0 Å². The normalized spacial score (nSPS) is 21.4. The van der Waals surface area contributed by atoms with Gasteiger partial charge >= 0.3 is 15.6 Å². The van der Waals surface area contributed by atoms with Gasteiger partial charge in [0.2, 0.25) is 0 Å². The summed E-state index contributed by atoms with van der Waals surface area (Å²) in [6, 6.07) is 9.80.